The van der Waals surface area contributed by atoms with Crippen molar-refractivity contribution in [1.29, 1.82) is 0 Å². The normalized spacial score (nSPS) is 29.8. The van der Waals surface area contributed by atoms with Gasteiger partial charge in [0.15, 0.2) is 0 Å². The van der Waals surface area contributed by atoms with E-state index in [4.69, 9.17) is 9.47 Å². The maximum Gasteiger partial charge on any atom is 0.407 e. The smallest absolute Gasteiger partial charge is 0.407 e. The maximum atomic E-state index is 10.7. The Kier molecular flexibility index (Phi) is 2.34. The Morgan fingerprint density at radius 3 is 2.91 bits per heavy atom. The number of amides is 1. The summed E-state index contributed by atoms with van der Waals surface area (Å²) in [6.45, 7) is 2.92. The Labute approximate surface area is 65.9 Å². The molecule has 0 aliphatic carbocycles. The molecule has 0 bridgehead atoms. The molecule has 0 aromatic rings. The van der Waals surface area contributed by atoms with Gasteiger partial charge in [-0.3, -0.25) is 0 Å². The van der Waals surface area contributed by atoms with Crippen LogP contribution in [0.4, 0.5) is 4.79 Å². The number of hydrogen-bond donors (Lipinski definition) is 1. The molecule has 0 saturated carbocycles. The van der Waals surface area contributed by atoms with E-state index < -0.39 is 0 Å². The zero-order valence-electron chi connectivity index (χ0n) is 6.85. The molecule has 1 saturated heterocycles. The third kappa shape index (κ3) is 1.63. The number of methoxy groups -OCH3 is 1. The molecule has 0 aromatic carbocycles. The average molecular weight is 159 g/mol. The number of carbonyl (C=O) groups excluding carboxylic acids is 1. The van der Waals surface area contributed by atoms with Crippen LogP contribution in [-0.4, -0.2) is 32.0 Å². The Hall–Kier alpha value is -0.770. The van der Waals surface area contributed by atoms with Crippen LogP contribution in [0.15, 0.2) is 0 Å². The van der Waals surface area contributed by atoms with Gasteiger partial charge in [-0.25, -0.2) is 4.79 Å². The fraction of sp³-hybridized carbons (Fsp3) is 0.857. The lowest BCUT2D eigenvalue weighted by atomic mass is 10.00. The van der Waals surface area contributed by atoms with Crippen LogP contribution in [0.5, 0.6) is 0 Å². The van der Waals surface area contributed by atoms with Crippen molar-refractivity contribution in [3.05, 3.63) is 0 Å². The largest absolute Gasteiger partial charge is 0.447 e. The van der Waals surface area contributed by atoms with Crippen LogP contribution < -0.4 is 5.32 Å². The second kappa shape index (κ2) is 3.09. The number of rotatable bonds is 3. The van der Waals surface area contributed by atoms with E-state index in [1.54, 1.807) is 7.11 Å². The van der Waals surface area contributed by atoms with E-state index in [1.807, 2.05) is 6.92 Å². The summed E-state index contributed by atoms with van der Waals surface area (Å²) in [5.41, 5.74) is -0.286. The van der Waals surface area contributed by atoms with Gasteiger partial charge in [0.05, 0.1) is 6.61 Å². The Morgan fingerprint density at radius 1 is 1.82 bits per heavy atom. The van der Waals surface area contributed by atoms with Crippen LogP contribution in [0.25, 0.3) is 0 Å². The Morgan fingerprint density at radius 2 is 2.55 bits per heavy atom. The molecule has 0 aromatic heterocycles. The highest BCUT2D eigenvalue weighted by Crippen LogP contribution is 2.16. The van der Waals surface area contributed by atoms with Crippen LogP contribution in [-0.2, 0) is 9.47 Å². The second-order valence-corrected chi connectivity index (χ2v) is 2.77. The fourth-order valence-electron chi connectivity index (χ4n) is 1.14. The van der Waals surface area contributed by atoms with Gasteiger partial charge >= 0.3 is 6.09 Å². The number of ether oxygens (including phenoxy) is 2. The van der Waals surface area contributed by atoms with Crippen molar-refractivity contribution in [3.63, 3.8) is 0 Å². The summed E-state index contributed by atoms with van der Waals surface area (Å²) < 4.78 is 9.76. The minimum atomic E-state index is -0.344. The molecule has 1 rings (SSSR count). The number of cyclic esters (lactones) is 1. The van der Waals surface area contributed by atoms with E-state index in [1.165, 1.54) is 0 Å². The van der Waals surface area contributed by atoms with Gasteiger partial charge in [-0.2, -0.15) is 0 Å². The molecule has 1 N–H and O–H groups in total. The molecule has 0 spiro atoms. The van der Waals surface area contributed by atoms with Gasteiger partial charge in [-0.1, -0.05) is 6.92 Å². The molecule has 64 valence electrons. The third-order valence-corrected chi connectivity index (χ3v) is 1.94. The number of nitrogens with one attached hydrogen (secondary N) is 1. The predicted octanol–water partition coefficient (Wildman–Crippen LogP) is 0.521. The maximum absolute atomic E-state index is 10.7. The second-order valence-electron chi connectivity index (χ2n) is 2.77. The lowest BCUT2D eigenvalue weighted by molar-refractivity contribution is 0.104. The highest BCUT2D eigenvalue weighted by molar-refractivity contribution is 5.70. The van der Waals surface area contributed by atoms with Crippen molar-refractivity contribution < 1.29 is 14.3 Å². The van der Waals surface area contributed by atoms with Crippen molar-refractivity contribution in [2.75, 3.05) is 20.3 Å². The van der Waals surface area contributed by atoms with Crippen LogP contribution in [0.2, 0.25) is 0 Å². The molecular weight excluding hydrogens is 146 g/mol. The zero-order valence-corrected chi connectivity index (χ0v) is 6.85. The molecule has 4 nitrogen and oxygen atoms in total. The monoisotopic (exact) mass is 159 g/mol. The van der Waals surface area contributed by atoms with E-state index in [-0.39, 0.29) is 11.6 Å². The molecule has 1 atom stereocenters. The van der Waals surface area contributed by atoms with Crippen molar-refractivity contribution in [1.82, 2.24) is 5.32 Å². The van der Waals surface area contributed by atoms with Crippen molar-refractivity contribution in [2.24, 2.45) is 0 Å². The summed E-state index contributed by atoms with van der Waals surface area (Å²) in [6.07, 6.45) is 0.482. The molecule has 1 heterocycles. The van der Waals surface area contributed by atoms with E-state index in [0.717, 1.165) is 6.42 Å². The SMILES string of the molecule is CCC1(COC)COC(=O)N1. The highest BCUT2D eigenvalue weighted by Gasteiger charge is 2.37. The Balaban J connectivity index is 2.54. The van der Waals surface area contributed by atoms with Crippen molar-refractivity contribution in [3.8, 4) is 0 Å². The number of alkyl carbamates (subject to hydrolysis) is 1. The quantitative estimate of drug-likeness (QED) is 0.653. The third-order valence-electron chi connectivity index (χ3n) is 1.94. The highest BCUT2D eigenvalue weighted by atomic mass is 16.6. The molecular formula is C7H13NO3. The van der Waals surface area contributed by atoms with Gasteiger partial charge < -0.3 is 14.8 Å². The standard InChI is InChI=1S/C7H13NO3/c1-3-7(4-10-2)5-11-6(9)8-7/h3-5H2,1-2H3,(H,8,9). The number of hydrogen-bond acceptors (Lipinski definition) is 3. The van der Waals surface area contributed by atoms with Gasteiger partial charge in [0.2, 0.25) is 0 Å². The topological polar surface area (TPSA) is 47.6 Å². The van der Waals surface area contributed by atoms with E-state index in [2.05, 4.69) is 5.32 Å². The Bertz CT molecular complexity index is 160. The molecule has 1 amide bonds. The summed E-state index contributed by atoms with van der Waals surface area (Å²) in [5, 5.41) is 2.73. The van der Waals surface area contributed by atoms with E-state index >= 15 is 0 Å². The van der Waals surface area contributed by atoms with E-state index in [9.17, 15) is 4.79 Å². The molecule has 0 radical (unpaired) electrons. The van der Waals surface area contributed by atoms with Crippen LogP contribution in [0.3, 0.4) is 0 Å². The van der Waals surface area contributed by atoms with E-state index in [0.29, 0.717) is 13.2 Å². The summed E-state index contributed by atoms with van der Waals surface area (Å²) in [6, 6.07) is 0. The molecule has 1 aliphatic heterocycles. The lowest BCUT2D eigenvalue weighted by Crippen LogP contribution is -2.46. The average Bonchev–Trinajstić information content (AvgIpc) is 2.34. The van der Waals surface area contributed by atoms with Gasteiger partial charge in [-0.05, 0) is 6.42 Å². The van der Waals surface area contributed by atoms with Gasteiger partial charge in [0.25, 0.3) is 0 Å². The summed E-state index contributed by atoms with van der Waals surface area (Å²) in [4.78, 5) is 10.7. The first kappa shape index (κ1) is 8.33. The summed E-state index contributed by atoms with van der Waals surface area (Å²) in [5.74, 6) is 0. The lowest BCUT2D eigenvalue weighted by Gasteiger charge is -2.23. The zero-order chi connectivity index (χ0) is 8.32. The van der Waals surface area contributed by atoms with Crippen molar-refractivity contribution >= 4 is 6.09 Å². The fourth-order valence-corrected chi connectivity index (χ4v) is 1.14. The predicted molar refractivity (Wildman–Crippen MR) is 39.4 cm³/mol. The van der Waals surface area contributed by atoms with Gasteiger partial charge in [0.1, 0.15) is 12.1 Å². The molecule has 1 fully saturated rings. The van der Waals surface area contributed by atoms with Crippen LogP contribution in [0, 0.1) is 0 Å². The van der Waals surface area contributed by atoms with Crippen LogP contribution >= 0.6 is 0 Å². The summed E-state index contributed by atoms with van der Waals surface area (Å²) >= 11 is 0. The first-order chi connectivity index (χ1) is 5.22. The first-order valence-corrected chi connectivity index (χ1v) is 3.66. The molecule has 1 unspecified atom stereocenters. The van der Waals surface area contributed by atoms with Gasteiger partial charge in [0, 0.05) is 7.11 Å². The van der Waals surface area contributed by atoms with Gasteiger partial charge in [-0.15, -0.1) is 0 Å². The van der Waals surface area contributed by atoms with Crippen molar-refractivity contribution in [2.45, 2.75) is 18.9 Å². The minimum Gasteiger partial charge on any atom is -0.447 e. The first-order valence-electron chi connectivity index (χ1n) is 3.66. The number of carbonyl (C=O) groups is 1. The summed E-state index contributed by atoms with van der Waals surface area (Å²) in [7, 11) is 1.61. The minimum absolute atomic E-state index is 0.286. The van der Waals surface area contributed by atoms with Crippen LogP contribution in [0.1, 0.15) is 13.3 Å². The molecule has 11 heavy (non-hydrogen) atoms. The molecule has 4 heteroatoms. The molecule has 1 aliphatic rings.